The standard InChI is InChI=1S/C8H11NO5/c10-6-2-1-4(7(11)12)5(3-9-6)8(13)14/h4-5H,1-3H2,(H,9,10)(H,11,12)(H,13,14)/t4-,5-/m1/s1. The quantitative estimate of drug-likeness (QED) is 0.548. The maximum Gasteiger partial charge on any atom is 0.309 e. The van der Waals surface area contributed by atoms with Crippen LogP contribution in [0.2, 0.25) is 0 Å². The van der Waals surface area contributed by atoms with Crippen molar-refractivity contribution in [2.24, 2.45) is 11.8 Å². The van der Waals surface area contributed by atoms with Gasteiger partial charge < -0.3 is 15.5 Å². The van der Waals surface area contributed by atoms with Gasteiger partial charge in [-0.2, -0.15) is 0 Å². The highest BCUT2D eigenvalue weighted by atomic mass is 16.4. The number of carbonyl (C=O) groups excluding carboxylic acids is 1. The zero-order valence-corrected chi connectivity index (χ0v) is 7.40. The molecule has 0 aliphatic carbocycles. The first-order chi connectivity index (χ1) is 6.52. The monoisotopic (exact) mass is 201 g/mol. The van der Waals surface area contributed by atoms with Gasteiger partial charge in [0.2, 0.25) is 5.91 Å². The SMILES string of the molecule is O=C1CC[C@@H](C(=O)O)[C@H](C(=O)O)CN1. The maximum absolute atomic E-state index is 10.9. The highest BCUT2D eigenvalue weighted by Gasteiger charge is 2.36. The Morgan fingerprint density at radius 3 is 2.29 bits per heavy atom. The number of carbonyl (C=O) groups is 3. The van der Waals surface area contributed by atoms with Crippen molar-refractivity contribution >= 4 is 17.8 Å². The van der Waals surface area contributed by atoms with Crippen LogP contribution in [0.1, 0.15) is 12.8 Å². The first-order valence-corrected chi connectivity index (χ1v) is 4.24. The van der Waals surface area contributed by atoms with Crippen LogP contribution >= 0.6 is 0 Å². The molecule has 3 N–H and O–H groups in total. The normalized spacial score (nSPS) is 27.6. The van der Waals surface area contributed by atoms with Crippen LogP contribution in [0.25, 0.3) is 0 Å². The van der Waals surface area contributed by atoms with Gasteiger partial charge in [-0.05, 0) is 6.42 Å². The van der Waals surface area contributed by atoms with Gasteiger partial charge in [0.1, 0.15) is 0 Å². The first kappa shape index (κ1) is 10.5. The molecule has 14 heavy (non-hydrogen) atoms. The predicted octanol–water partition coefficient (Wildman–Crippen LogP) is -0.702. The molecule has 0 bridgehead atoms. The van der Waals surface area contributed by atoms with Crippen LogP contribution in [0.5, 0.6) is 0 Å². The van der Waals surface area contributed by atoms with E-state index >= 15 is 0 Å². The number of rotatable bonds is 2. The summed E-state index contributed by atoms with van der Waals surface area (Å²) in [5.74, 6) is -4.64. The van der Waals surface area contributed by atoms with Crippen LogP contribution < -0.4 is 5.32 Å². The van der Waals surface area contributed by atoms with Crippen LogP contribution in [-0.4, -0.2) is 34.6 Å². The summed E-state index contributed by atoms with van der Waals surface area (Å²) >= 11 is 0. The molecule has 0 aromatic heterocycles. The third-order valence-corrected chi connectivity index (χ3v) is 2.32. The van der Waals surface area contributed by atoms with Crippen molar-refractivity contribution in [2.75, 3.05) is 6.54 Å². The zero-order chi connectivity index (χ0) is 10.7. The van der Waals surface area contributed by atoms with Gasteiger partial charge in [-0.25, -0.2) is 0 Å². The molecule has 6 heteroatoms. The fraction of sp³-hybridized carbons (Fsp3) is 0.625. The van der Waals surface area contributed by atoms with Gasteiger partial charge in [-0.3, -0.25) is 14.4 Å². The number of nitrogens with one attached hydrogen (secondary N) is 1. The molecule has 2 atom stereocenters. The number of carboxylic acid groups (broad SMARTS) is 2. The molecule has 0 unspecified atom stereocenters. The number of carboxylic acids is 2. The molecule has 1 saturated heterocycles. The molecule has 6 nitrogen and oxygen atoms in total. The maximum atomic E-state index is 10.9. The van der Waals surface area contributed by atoms with Gasteiger partial charge in [-0.1, -0.05) is 0 Å². The Labute approximate surface area is 79.9 Å². The summed E-state index contributed by atoms with van der Waals surface area (Å²) in [4.78, 5) is 32.4. The molecular formula is C8H11NO5. The summed E-state index contributed by atoms with van der Waals surface area (Å²) in [6, 6.07) is 0. The fourth-order valence-electron chi connectivity index (χ4n) is 1.50. The van der Waals surface area contributed by atoms with Crippen molar-refractivity contribution in [1.82, 2.24) is 5.32 Å². The van der Waals surface area contributed by atoms with E-state index in [9.17, 15) is 14.4 Å². The molecule has 1 aliphatic rings. The summed E-state index contributed by atoms with van der Waals surface area (Å²) in [6.07, 6.45) is 0.152. The van der Waals surface area contributed by atoms with Gasteiger partial charge in [0.15, 0.2) is 0 Å². The number of aliphatic carboxylic acids is 2. The summed E-state index contributed by atoms with van der Waals surface area (Å²) in [6.45, 7) is -0.106. The molecule has 0 radical (unpaired) electrons. The Kier molecular flexibility index (Phi) is 3.06. The van der Waals surface area contributed by atoms with E-state index in [1.807, 2.05) is 0 Å². The van der Waals surface area contributed by atoms with Crippen LogP contribution in [0.3, 0.4) is 0 Å². The Hall–Kier alpha value is -1.59. The lowest BCUT2D eigenvalue weighted by molar-refractivity contribution is -0.153. The lowest BCUT2D eigenvalue weighted by atomic mass is 9.89. The van der Waals surface area contributed by atoms with Crippen LogP contribution in [0.4, 0.5) is 0 Å². The highest BCUT2D eigenvalue weighted by molar-refractivity contribution is 5.83. The minimum atomic E-state index is -1.18. The highest BCUT2D eigenvalue weighted by Crippen LogP contribution is 2.20. The Morgan fingerprint density at radius 2 is 1.79 bits per heavy atom. The molecule has 0 aromatic carbocycles. The second kappa shape index (κ2) is 4.08. The molecule has 1 heterocycles. The fourth-order valence-corrected chi connectivity index (χ4v) is 1.50. The molecular weight excluding hydrogens is 190 g/mol. The van der Waals surface area contributed by atoms with Crippen LogP contribution in [0.15, 0.2) is 0 Å². The summed E-state index contributed by atoms with van der Waals surface area (Å²) in [5.41, 5.74) is 0. The molecule has 1 rings (SSSR count). The third kappa shape index (κ3) is 2.21. The summed E-state index contributed by atoms with van der Waals surface area (Å²) < 4.78 is 0. The lowest BCUT2D eigenvalue weighted by Crippen LogP contribution is -2.35. The Balaban J connectivity index is 2.81. The molecule has 0 spiro atoms. The average molecular weight is 201 g/mol. The minimum absolute atomic E-state index is 0.0702. The van der Waals surface area contributed by atoms with E-state index in [4.69, 9.17) is 10.2 Å². The number of amides is 1. The van der Waals surface area contributed by atoms with Gasteiger partial charge in [-0.15, -0.1) is 0 Å². The van der Waals surface area contributed by atoms with Gasteiger partial charge in [0, 0.05) is 13.0 Å². The van der Waals surface area contributed by atoms with Crippen LogP contribution in [-0.2, 0) is 14.4 Å². The van der Waals surface area contributed by atoms with Crippen molar-refractivity contribution in [3.63, 3.8) is 0 Å². The van der Waals surface area contributed by atoms with Gasteiger partial charge in [0.25, 0.3) is 0 Å². The largest absolute Gasteiger partial charge is 0.481 e. The van der Waals surface area contributed by atoms with Gasteiger partial charge in [0.05, 0.1) is 11.8 Å². The summed E-state index contributed by atoms with van der Waals surface area (Å²) in [7, 11) is 0. The molecule has 1 fully saturated rings. The minimum Gasteiger partial charge on any atom is -0.481 e. The molecule has 78 valence electrons. The van der Waals surface area contributed by atoms with E-state index in [0.29, 0.717) is 0 Å². The van der Waals surface area contributed by atoms with E-state index in [2.05, 4.69) is 5.32 Å². The van der Waals surface area contributed by atoms with Crippen molar-refractivity contribution in [3.8, 4) is 0 Å². The smallest absolute Gasteiger partial charge is 0.309 e. The summed E-state index contributed by atoms with van der Waals surface area (Å²) in [5, 5.41) is 19.9. The average Bonchev–Trinajstić information content (AvgIpc) is 2.26. The lowest BCUT2D eigenvalue weighted by Gasteiger charge is -2.15. The third-order valence-electron chi connectivity index (χ3n) is 2.32. The van der Waals surface area contributed by atoms with Crippen molar-refractivity contribution in [2.45, 2.75) is 12.8 Å². The first-order valence-electron chi connectivity index (χ1n) is 4.24. The second-order valence-corrected chi connectivity index (χ2v) is 3.23. The number of hydrogen-bond acceptors (Lipinski definition) is 3. The molecule has 1 aliphatic heterocycles. The van der Waals surface area contributed by atoms with E-state index < -0.39 is 23.8 Å². The molecule has 1 amide bonds. The second-order valence-electron chi connectivity index (χ2n) is 3.23. The van der Waals surface area contributed by atoms with E-state index in [-0.39, 0.29) is 25.3 Å². The van der Waals surface area contributed by atoms with Crippen molar-refractivity contribution < 1.29 is 24.6 Å². The van der Waals surface area contributed by atoms with Crippen molar-refractivity contribution in [1.29, 1.82) is 0 Å². The molecule has 0 saturated carbocycles. The topological polar surface area (TPSA) is 104 Å². The van der Waals surface area contributed by atoms with Crippen molar-refractivity contribution in [3.05, 3.63) is 0 Å². The van der Waals surface area contributed by atoms with E-state index in [1.165, 1.54) is 0 Å². The Bertz CT molecular complexity index is 249. The van der Waals surface area contributed by atoms with E-state index in [0.717, 1.165) is 0 Å². The van der Waals surface area contributed by atoms with Crippen LogP contribution in [0, 0.1) is 11.8 Å². The van der Waals surface area contributed by atoms with E-state index in [1.54, 1.807) is 0 Å². The van der Waals surface area contributed by atoms with Gasteiger partial charge >= 0.3 is 11.9 Å². The Morgan fingerprint density at radius 1 is 1.21 bits per heavy atom. The zero-order valence-electron chi connectivity index (χ0n) is 7.40. The number of hydrogen-bond donors (Lipinski definition) is 3. The molecule has 0 aromatic rings. The predicted molar refractivity (Wildman–Crippen MR) is 44.5 cm³/mol.